The van der Waals surface area contributed by atoms with E-state index in [2.05, 4.69) is 25.8 Å². The fourth-order valence-corrected chi connectivity index (χ4v) is 2.46. The third-order valence-corrected chi connectivity index (χ3v) is 3.87. The van der Waals surface area contributed by atoms with E-state index in [1.807, 2.05) is 18.2 Å². The van der Waals surface area contributed by atoms with Gasteiger partial charge >= 0.3 is 0 Å². The molecule has 1 heterocycles. The third-order valence-electron chi connectivity index (χ3n) is 3.87. The summed E-state index contributed by atoms with van der Waals surface area (Å²) in [6.45, 7) is 6.16. The lowest BCUT2D eigenvalue weighted by atomic mass is 10.1. The van der Waals surface area contributed by atoms with Gasteiger partial charge in [0.25, 0.3) is 0 Å². The molecule has 1 aromatic carbocycles. The maximum Gasteiger partial charge on any atom is 0.161 e. The number of hydrogen-bond acceptors (Lipinski definition) is 4. The van der Waals surface area contributed by atoms with Crippen LogP contribution in [0.1, 0.15) is 38.4 Å². The molecule has 0 fully saturated rings. The van der Waals surface area contributed by atoms with Crippen molar-refractivity contribution < 1.29 is 14.6 Å². The number of hydrogen-bond donors (Lipinski definition) is 1. The van der Waals surface area contributed by atoms with Gasteiger partial charge in [-0.25, -0.2) is 0 Å². The molecular formula is C16H25NO3. The number of fused-ring (bicyclic) bond motifs is 1. The Balaban J connectivity index is 2.00. The molecule has 0 aromatic heterocycles. The molecule has 1 aliphatic rings. The van der Waals surface area contributed by atoms with Crippen LogP contribution in [-0.2, 0) is 0 Å². The molecule has 4 heteroatoms. The van der Waals surface area contributed by atoms with Crippen LogP contribution in [0.5, 0.6) is 11.5 Å². The van der Waals surface area contributed by atoms with Gasteiger partial charge in [-0.2, -0.15) is 0 Å². The van der Waals surface area contributed by atoms with E-state index in [9.17, 15) is 5.11 Å². The van der Waals surface area contributed by atoms with Crippen molar-refractivity contribution in [2.24, 2.45) is 0 Å². The zero-order chi connectivity index (χ0) is 14.5. The van der Waals surface area contributed by atoms with Crippen molar-refractivity contribution in [1.82, 2.24) is 4.90 Å². The van der Waals surface area contributed by atoms with Crippen LogP contribution in [0.2, 0.25) is 0 Å². The maximum atomic E-state index is 10.4. The molecular weight excluding hydrogens is 254 g/mol. The molecule has 0 radical (unpaired) electrons. The van der Waals surface area contributed by atoms with E-state index in [1.165, 1.54) is 0 Å². The largest absolute Gasteiger partial charge is 0.486 e. The number of aliphatic hydroxyl groups excluding tert-OH is 1. The fraction of sp³-hybridized carbons (Fsp3) is 0.625. The molecule has 0 bridgehead atoms. The molecule has 1 aromatic rings. The van der Waals surface area contributed by atoms with Gasteiger partial charge in [-0.3, -0.25) is 0 Å². The third kappa shape index (κ3) is 3.64. The summed E-state index contributed by atoms with van der Waals surface area (Å²) < 4.78 is 11.0. The predicted octanol–water partition coefficient (Wildman–Crippen LogP) is 2.61. The number of nitrogens with zero attached hydrogens (tertiary/aromatic N) is 1. The first kappa shape index (κ1) is 15.1. The van der Waals surface area contributed by atoms with Crippen molar-refractivity contribution in [3.05, 3.63) is 23.8 Å². The molecule has 4 nitrogen and oxygen atoms in total. The zero-order valence-corrected chi connectivity index (χ0v) is 12.6. The van der Waals surface area contributed by atoms with Gasteiger partial charge in [0, 0.05) is 12.6 Å². The molecule has 112 valence electrons. The lowest BCUT2D eigenvalue weighted by molar-refractivity contribution is 0.105. The molecule has 20 heavy (non-hydrogen) atoms. The molecule has 0 amide bonds. The molecule has 0 spiro atoms. The van der Waals surface area contributed by atoms with E-state index < -0.39 is 6.10 Å². The van der Waals surface area contributed by atoms with Crippen LogP contribution >= 0.6 is 0 Å². The Morgan fingerprint density at radius 1 is 1.25 bits per heavy atom. The van der Waals surface area contributed by atoms with Crippen molar-refractivity contribution >= 4 is 0 Å². The van der Waals surface area contributed by atoms with Crippen LogP contribution in [0.4, 0.5) is 0 Å². The Labute approximate surface area is 121 Å². The summed E-state index contributed by atoms with van der Waals surface area (Å²) in [4.78, 5) is 2.20. The summed E-state index contributed by atoms with van der Waals surface area (Å²) in [6, 6.07) is 6.16. The Hall–Kier alpha value is -1.26. The smallest absolute Gasteiger partial charge is 0.161 e. The second-order valence-corrected chi connectivity index (χ2v) is 5.50. The summed E-state index contributed by atoms with van der Waals surface area (Å²) in [7, 11) is 2.06. The summed E-state index contributed by atoms with van der Waals surface area (Å²) in [5.41, 5.74) is 0.879. The zero-order valence-electron chi connectivity index (χ0n) is 12.6. The predicted molar refractivity (Wildman–Crippen MR) is 79.4 cm³/mol. The quantitative estimate of drug-likeness (QED) is 0.869. The van der Waals surface area contributed by atoms with Gasteiger partial charge in [0.15, 0.2) is 11.5 Å². The highest BCUT2D eigenvalue weighted by Crippen LogP contribution is 2.32. The minimum absolute atomic E-state index is 0.479. The van der Waals surface area contributed by atoms with Gasteiger partial charge in [-0.05, 0) is 38.1 Å². The average molecular weight is 279 g/mol. The van der Waals surface area contributed by atoms with Crippen LogP contribution in [0, 0.1) is 0 Å². The molecule has 1 aliphatic heterocycles. The average Bonchev–Trinajstić information content (AvgIpc) is 2.46. The van der Waals surface area contributed by atoms with Gasteiger partial charge in [0.05, 0.1) is 6.10 Å². The normalized spacial score (nSPS) is 17.1. The Bertz CT molecular complexity index is 436. The van der Waals surface area contributed by atoms with Crippen molar-refractivity contribution in [2.75, 3.05) is 26.8 Å². The van der Waals surface area contributed by atoms with Crippen LogP contribution in [0.15, 0.2) is 18.2 Å². The first-order chi connectivity index (χ1) is 9.61. The molecule has 0 saturated heterocycles. The minimum Gasteiger partial charge on any atom is -0.486 e. The maximum absolute atomic E-state index is 10.4. The van der Waals surface area contributed by atoms with E-state index in [4.69, 9.17) is 9.47 Å². The van der Waals surface area contributed by atoms with Gasteiger partial charge in [-0.15, -0.1) is 0 Å². The Kier molecular flexibility index (Phi) is 5.26. The van der Waals surface area contributed by atoms with E-state index in [-0.39, 0.29) is 0 Å². The van der Waals surface area contributed by atoms with Crippen molar-refractivity contribution in [1.29, 1.82) is 0 Å². The molecule has 2 atom stereocenters. The lowest BCUT2D eigenvalue weighted by Crippen LogP contribution is -2.32. The number of benzene rings is 1. The Morgan fingerprint density at radius 2 is 1.95 bits per heavy atom. The summed E-state index contributed by atoms with van der Waals surface area (Å²) in [5, 5.41) is 10.4. The van der Waals surface area contributed by atoms with Crippen molar-refractivity contribution in [3.8, 4) is 11.5 Å². The molecule has 1 N–H and O–H groups in total. The highest BCUT2D eigenvalue weighted by Gasteiger charge is 2.18. The van der Waals surface area contributed by atoms with Crippen LogP contribution < -0.4 is 9.47 Å². The van der Waals surface area contributed by atoms with Gasteiger partial charge < -0.3 is 19.5 Å². The fourth-order valence-electron chi connectivity index (χ4n) is 2.46. The number of rotatable bonds is 6. The SMILES string of the molecule is CCCC(C)N(C)CC(O)c1ccc2c(c1)OCCO2. The highest BCUT2D eigenvalue weighted by atomic mass is 16.6. The summed E-state index contributed by atoms with van der Waals surface area (Å²) >= 11 is 0. The monoisotopic (exact) mass is 279 g/mol. The van der Waals surface area contributed by atoms with Crippen LogP contribution in [0.25, 0.3) is 0 Å². The van der Waals surface area contributed by atoms with Gasteiger partial charge in [-0.1, -0.05) is 19.4 Å². The number of aliphatic hydroxyl groups is 1. The van der Waals surface area contributed by atoms with Gasteiger partial charge in [0.2, 0.25) is 0 Å². The van der Waals surface area contributed by atoms with E-state index in [1.54, 1.807) is 0 Å². The van der Waals surface area contributed by atoms with Crippen LogP contribution in [-0.4, -0.2) is 42.9 Å². The van der Waals surface area contributed by atoms with Crippen molar-refractivity contribution in [3.63, 3.8) is 0 Å². The van der Waals surface area contributed by atoms with Crippen LogP contribution in [0.3, 0.4) is 0 Å². The Morgan fingerprint density at radius 3 is 2.65 bits per heavy atom. The van der Waals surface area contributed by atoms with Gasteiger partial charge in [0.1, 0.15) is 13.2 Å². The lowest BCUT2D eigenvalue weighted by Gasteiger charge is -2.27. The molecule has 2 unspecified atom stereocenters. The van der Waals surface area contributed by atoms with E-state index >= 15 is 0 Å². The summed E-state index contributed by atoms with van der Waals surface area (Å²) in [5.74, 6) is 1.50. The van der Waals surface area contributed by atoms with Crippen molar-refractivity contribution in [2.45, 2.75) is 38.8 Å². The second-order valence-electron chi connectivity index (χ2n) is 5.50. The van der Waals surface area contributed by atoms with E-state index in [0.717, 1.165) is 29.9 Å². The number of likely N-dealkylation sites (N-methyl/N-ethyl adjacent to an activating group) is 1. The first-order valence-electron chi connectivity index (χ1n) is 7.39. The number of ether oxygens (including phenoxy) is 2. The standard InChI is InChI=1S/C16H25NO3/c1-4-5-12(2)17(3)11-14(18)13-6-7-15-16(10-13)20-9-8-19-15/h6-7,10,12,14,18H,4-5,8-9,11H2,1-3H3. The molecule has 0 saturated carbocycles. The molecule has 0 aliphatic carbocycles. The van der Waals surface area contributed by atoms with E-state index in [0.29, 0.717) is 25.8 Å². The second kappa shape index (κ2) is 6.95. The summed E-state index contributed by atoms with van der Waals surface area (Å²) in [6.07, 6.45) is 1.80. The highest BCUT2D eigenvalue weighted by molar-refractivity contribution is 5.44. The first-order valence-corrected chi connectivity index (χ1v) is 7.39. The topological polar surface area (TPSA) is 41.9 Å². The minimum atomic E-state index is -0.505. The molecule has 2 rings (SSSR count).